The van der Waals surface area contributed by atoms with Crippen LogP contribution in [0, 0.1) is 5.82 Å². The lowest BCUT2D eigenvalue weighted by Crippen LogP contribution is -2.36. The highest BCUT2D eigenvalue weighted by atomic mass is 19.1. The molecule has 2 N–H and O–H groups in total. The molecule has 1 amide bonds. The van der Waals surface area contributed by atoms with E-state index in [2.05, 4.69) is 15.6 Å². The maximum Gasteiger partial charge on any atom is 0.398 e. The quantitative estimate of drug-likeness (QED) is 0.455. The van der Waals surface area contributed by atoms with Crippen LogP contribution in [0.1, 0.15) is 6.92 Å². The van der Waals surface area contributed by atoms with E-state index >= 15 is 0 Å². The smallest absolute Gasteiger partial charge is 0.398 e. The molecule has 0 aliphatic heterocycles. The average Bonchev–Trinajstić information content (AvgIpc) is 2.26. The van der Waals surface area contributed by atoms with Crippen LogP contribution in [0.4, 0.5) is 10.1 Å². The number of halogens is 1. The van der Waals surface area contributed by atoms with E-state index in [9.17, 15) is 14.0 Å². The molecular weight excluding hydrogens is 215 g/mol. The van der Waals surface area contributed by atoms with E-state index < -0.39 is 17.7 Å². The number of carbonyl (C=O) groups is 2. The van der Waals surface area contributed by atoms with Crippen molar-refractivity contribution in [2.75, 3.05) is 12.0 Å². The summed E-state index contributed by atoms with van der Waals surface area (Å²) in [5.41, 5.74) is 4.80. The van der Waals surface area contributed by atoms with E-state index in [1.807, 2.05) is 0 Å². The highest BCUT2D eigenvalue weighted by molar-refractivity contribution is 6.32. The summed E-state index contributed by atoms with van der Waals surface area (Å²) < 4.78 is 17.2. The van der Waals surface area contributed by atoms with Crippen molar-refractivity contribution in [1.82, 2.24) is 5.43 Å². The van der Waals surface area contributed by atoms with Gasteiger partial charge in [-0.1, -0.05) is 6.07 Å². The lowest BCUT2D eigenvalue weighted by Gasteiger charge is -2.07. The van der Waals surface area contributed by atoms with Gasteiger partial charge in [0.2, 0.25) is 0 Å². The van der Waals surface area contributed by atoms with Crippen LogP contribution in [-0.2, 0) is 14.3 Å². The number of nitrogens with one attached hydrogen (secondary N) is 2. The Morgan fingerprint density at radius 2 is 2.19 bits per heavy atom. The largest absolute Gasteiger partial charge is 0.459 e. The van der Waals surface area contributed by atoms with Crippen LogP contribution in [0.3, 0.4) is 0 Å². The molecule has 0 heterocycles. The van der Waals surface area contributed by atoms with Crippen LogP contribution < -0.4 is 10.9 Å². The second-order valence-electron chi connectivity index (χ2n) is 2.81. The molecule has 0 atom stereocenters. The molecule has 86 valence electrons. The number of hydrogen-bond acceptors (Lipinski definition) is 4. The predicted molar refractivity (Wildman–Crippen MR) is 54.8 cm³/mol. The van der Waals surface area contributed by atoms with E-state index in [0.717, 1.165) is 0 Å². The number of rotatable bonds is 3. The van der Waals surface area contributed by atoms with Crippen LogP contribution >= 0.6 is 0 Å². The van der Waals surface area contributed by atoms with Gasteiger partial charge in [-0.15, -0.1) is 0 Å². The molecule has 1 aromatic rings. The van der Waals surface area contributed by atoms with Crippen LogP contribution in [0.2, 0.25) is 0 Å². The Morgan fingerprint density at radius 3 is 2.81 bits per heavy atom. The van der Waals surface area contributed by atoms with Gasteiger partial charge in [-0.3, -0.25) is 15.6 Å². The summed E-state index contributed by atoms with van der Waals surface area (Å²) in [4.78, 5) is 21.9. The molecule has 0 aliphatic carbocycles. The van der Waals surface area contributed by atoms with Crippen molar-refractivity contribution in [3.05, 3.63) is 30.1 Å². The fourth-order valence-electron chi connectivity index (χ4n) is 0.943. The van der Waals surface area contributed by atoms with Crippen molar-refractivity contribution < 1.29 is 18.7 Å². The lowest BCUT2D eigenvalue weighted by molar-refractivity contribution is -0.154. The Kier molecular flexibility index (Phi) is 4.26. The van der Waals surface area contributed by atoms with Crippen molar-refractivity contribution in [2.24, 2.45) is 0 Å². The summed E-state index contributed by atoms with van der Waals surface area (Å²) in [5, 5.41) is 0. The van der Waals surface area contributed by atoms with E-state index in [-0.39, 0.29) is 6.61 Å². The highest BCUT2D eigenvalue weighted by Gasteiger charge is 2.13. The standard InChI is InChI=1S/C10H11FN2O3/c1-2-16-10(15)9(14)13-12-8-5-3-4-7(11)6-8/h3-6,12H,2H2,1H3,(H,13,14). The number of hydrogen-bond donors (Lipinski definition) is 2. The van der Waals surface area contributed by atoms with Crippen molar-refractivity contribution in [1.29, 1.82) is 0 Å². The molecule has 1 aromatic carbocycles. The fraction of sp³-hybridized carbons (Fsp3) is 0.200. The first-order valence-corrected chi connectivity index (χ1v) is 4.62. The average molecular weight is 226 g/mol. The monoisotopic (exact) mass is 226 g/mol. The lowest BCUT2D eigenvalue weighted by atomic mass is 10.3. The Bertz CT molecular complexity index is 395. The van der Waals surface area contributed by atoms with Gasteiger partial charge in [0.25, 0.3) is 0 Å². The molecule has 5 nitrogen and oxygen atoms in total. The molecule has 0 saturated carbocycles. The van der Waals surface area contributed by atoms with Crippen LogP contribution in [-0.4, -0.2) is 18.5 Å². The maximum atomic E-state index is 12.7. The van der Waals surface area contributed by atoms with Gasteiger partial charge in [0.05, 0.1) is 12.3 Å². The summed E-state index contributed by atoms with van der Waals surface area (Å²) in [7, 11) is 0. The normalized spacial score (nSPS) is 9.38. The fourth-order valence-corrected chi connectivity index (χ4v) is 0.943. The predicted octanol–water partition coefficient (Wildman–Crippen LogP) is 0.832. The first-order chi connectivity index (χ1) is 7.63. The van der Waals surface area contributed by atoms with Gasteiger partial charge in [0.1, 0.15) is 5.82 Å². The van der Waals surface area contributed by atoms with Crippen LogP contribution in [0.5, 0.6) is 0 Å². The van der Waals surface area contributed by atoms with Crippen molar-refractivity contribution in [3.63, 3.8) is 0 Å². The SMILES string of the molecule is CCOC(=O)C(=O)NNc1cccc(F)c1. The zero-order chi connectivity index (χ0) is 12.0. The number of amides is 1. The van der Waals surface area contributed by atoms with Gasteiger partial charge in [-0.25, -0.2) is 9.18 Å². The van der Waals surface area contributed by atoms with Gasteiger partial charge in [-0.05, 0) is 25.1 Å². The summed E-state index contributed by atoms with van der Waals surface area (Å²) in [6.45, 7) is 1.71. The Morgan fingerprint density at radius 1 is 1.44 bits per heavy atom. The first kappa shape index (κ1) is 12.0. The zero-order valence-electron chi connectivity index (χ0n) is 8.62. The molecule has 0 radical (unpaired) electrons. The van der Waals surface area contributed by atoms with Crippen LogP contribution in [0.25, 0.3) is 0 Å². The third-order valence-corrected chi connectivity index (χ3v) is 1.61. The molecule has 0 unspecified atom stereocenters. The van der Waals surface area contributed by atoms with Gasteiger partial charge in [0.15, 0.2) is 0 Å². The van der Waals surface area contributed by atoms with Crippen molar-refractivity contribution >= 4 is 17.6 Å². The minimum atomic E-state index is -0.994. The summed E-state index contributed by atoms with van der Waals surface area (Å²) in [6.07, 6.45) is 0. The molecule has 0 saturated heterocycles. The second-order valence-corrected chi connectivity index (χ2v) is 2.81. The third-order valence-electron chi connectivity index (χ3n) is 1.61. The minimum Gasteiger partial charge on any atom is -0.459 e. The van der Waals surface area contributed by atoms with E-state index in [1.54, 1.807) is 6.92 Å². The Labute approximate surface area is 91.6 Å². The highest BCUT2D eigenvalue weighted by Crippen LogP contribution is 2.07. The van der Waals surface area contributed by atoms with Crippen LogP contribution in [0.15, 0.2) is 24.3 Å². The molecule has 0 fully saturated rings. The first-order valence-electron chi connectivity index (χ1n) is 4.62. The molecule has 16 heavy (non-hydrogen) atoms. The molecular formula is C10H11FN2O3. The van der Waals surface area contributed by atoms with Gasteiger partial charge in [0, 0.05) is 0 Å². The Hall–Kier alpha value is -2.11. The molecule has 0 aromatic heterocycles. The zero-order valence-corrected chi connectivity index (χ0v) is 8.62. The minimum absolute atomic E-state index is 0.117. The number of esters is 1. The molecule has 0 aliphatic rings. The van der Waals surface area contributed by atoms with Gasteiger partial charge < -0.3 is 4.74 Å². The third kappa shape index (κ3) is 3.56. The van der Waals surface area contributed by atoms with Gasteiger partial charge >= 0.3 is 11.9 Å². The number of benzene rings is 1. The van der Waals surface area contributed by atoms with E-state index in [1.165, 1.54) is 24.3 Å². The molecule has 0 spiro atoms. The topological polar surface area (TPSA) is 67.4 Å². The van der Waals surface area contributed by atoms with Crippen molar-refractivity contribution in [3.8, 4) is 0 Å². The number of carbonyl (C=O) groups excluding carboxylic acids is 2. The number of anilines is 1. The van der Waals surface area contributed by atoms with Crippen molar-refractivity contribution in [2.45, 2.75) is 6.92 Å². The Balaban J connectivity index is 2.46. The summed E-state index contributed by atoms with van der Waals surface area (Å²) in [5.74, 6) is -2.38. The summed E-state index contributed by atoms with van der Waals surface area (Å²) >= 11 is 0. The second kappa shape index (κ2) is 5.69. The molecule has 6 heteroatoms. The maximum absolute atomic E-state index is 12.7. The summed E-state index contributed by atoms with van der Waals surface area (Å²) in [6, 6.07) is 5.44. The molecule has 0 bridgehead atoms. The van der Waals surface area contributed by atoms with E-state index in [4.69, 9.17) is 0 Å². The number of hydrazine groups is 1. The van der Waals surface area contributed by atoms with Gasteiger partial charge in [-0.2, -0.15) is 0 Å². The van der Waals surface area contributed by atoms with E-state index in [0.29, 0.717) is 5.69 Å². The molecule has 1 rings (SSSR count). The number of ether oxygens (including phenoxy) is 1.